The van der Waals surface area contributed by atoms with E-state index in [2.05, 4.69) is 31.2 Å². The van der Waals surface area contributed by atoms with Gasteiger partial charge < -0.3 is 9.05 Å². The summed E-state index contributed by atoms with van der Waals surface area (Å²) < 4.78 is 34.7. The van der Waals surface area contributed by atoms with Gasteiger partial charge in [-0.2, -0.15) is 4.98 Å². The molecule has 0 unspecified atom stereocenters. The Hall–Kier alpha value is -1.74. The fraction of sp³-hybridized carbons (Fsp3) is 0.400. The fourth-order valence-electron chi connectivity index (χ4n) is 3.00. The second-order valence-electron chi connectivity index (χ2n) is 6.08. The molecular weight excluding hydrogens is 398 g/mol. The van der Waals surface area contributed by atoms with Crippen LogP contribution in [0.25, 0.3) is 11.0 Å². The summed E-state index contributed by atoms with van der Waals surface area (Å²) in [5.74, 6) is 0.579. The molecule has 24 heavy (non-hydrogen) atoms. The molecule has 9 heteroatoms. The highest BCUT2D eigenvalue weighted by Gasteiger charge is 2.51. The monoisotopic (exact) mass is 411 g/mol. The number of hydrogen-bond acceptors (Lipinski definition) is 7. The highest BCUT2D eigenvalue weighted by molar-refractivity contribution is 9.10. The van der Waals surface area contributed by atoms with Gasteiger partial charge >= 0.3 is 0 Å². The minimum absolute atomic E-state index is 0.250. The molecule has 0 atom stereocenters. The molecule has 4 rings (SSSR count). The Morgan fingerprint density at radius 2 is 2.04 bits per heavy atom. The van der Waals surface area contributed by atoms with E-state index in [0.29, 0.717) is 30.0 Å². The van der Waals surface area contributed by atoms with Gasteiger partial charge in [0.25, 0.3) is 0 Å². The molecule has 7 nitrogen and oxygen atoms in total. The summed E-state index contributed by atoms with van der Waals surface area (Å²) in [5.41, 5.74) is 1.34. The van der Waals surface area contributed by atoms with Crippen molar-refractivity contribution in [3.05, 3.63) is 40.1 Å². The first-order chi connectivity index (χ1) is 11.4. The maximum Gasteiger partial charge on any atom is 0.232 e. The van der Waals surface area contributed by atoms with E-state index in [4.69, 9.17) is 9.05 Å². The predicted octanol–water partition coefficient (Wildman–Crippen LogP) is 2.99. The molecule has 0 radical (unpaired) electrons. The van der Waals surface area contributed by atoms with Crippen molar-refractivity contribution >= 4 is 36.7 Å². The van der Waals surface area contributed by atoms with Crippen LogP contribution in [0.4, 0.5) is 0 Å². The number of nitrogens with zero attached hydrogens (tertiary/aromatic N) is 3. The Morgan fingerprint density at radius 1 is 1.25 bits per heavy atom. The van der Waals surface area contributed by atoms with Crippen LogP contribution in [0.5, 0.6) is 0 Å². The van der Waals surface area contributed by atoms with Crippen molar-refractivity contribution < 1.29 is 17.5 Å². The van der Waals surface area contributed by atoms with Gasteiger partial charge in [-0.05, 0) is 37.5 Å². The Morgan fingerprint density at radius 3 is 2.71 bits per heavy atom. The van der Waals surface area contributed by atoms with Crippen molar-refractivity contribution in [1.82, 2.24) is 15.3 Å². The molecule has 0 saturated heterocycles. The van der Waals surface area contributed by atoms with Crippen LogP contribution in [0.15, 0.2) is 31.7 Å². The smallest absolute Gasteiger partial charge is 0.232 e. The van der Waals surface area contributed by atoms with Gasteiger partial charge in [0.1, 0.15) is 10.4 Å². The lowest BCUT2D eigenvalue weighted by Crippen LogP contribution is -2.42. The maximum absolute atomic E-state index is 12.1. The zero-order chi connectivity index (χ0) is 16.9. The number of benzene rings is 1. The minimum Gasteiger partial charge on any atom is -0.356 e. The zero-order valence-electron chi connectivity index (χ0n) is 12.8. The van der Waals surface area contributed by atoms with Crippen molar-refractivity contribution in [3.63, 3.8) is 0 Å². The van der Waals surface area contributed by atoms with Gasteiger partial charge in [-0.3, -0.25) is 0 Å². The van der Waals surface area contributed by atoms with Crippen molar-refractivity contribution in [3.8, 4) is 0 Å². The summed E-state index contributed by atoms with van der Waals surface area (Å²) in [6.45, 7) is 0. The zero-order valence-corrected chi connectivity index (χ0v) is 15.2. The first-order valence-electron chi connectivity index (χ1n) is 7.45. The Labute approximate surface area is 146 Å². The standard InChI is InChI=1S/C15H14BrN3O4S/c1-24(20,21)15(5-2-6-15)14-17-13(23-19-14)8-11-10-7-9(16)3-4-12(10)22-18-11/h3-4,7H,2,5-6,8H2,1H3. The van der Waals surface area contributed by atoms with Crippen LogP contribution in [0.1, 0.15) is 36.7 Å². The molecule has 0 amide bonds. The van der Waals surface area contributed by atoms with Gasteiger partial charge in [0.2, 0.25) is 5.89 Å². The molecule has 1 saturated carbocycles. The second kappa shape index (κ2) is 5.38. The van der Waals surface area contributed by atoms with Gasteiger partial charge in [0.05, 0.1) is 6.42 Å². The van der Waals surface area contributed by atoms with Crippen molar-refractivity contribution in [1.29, 1.82) is 0 Å². The first-order valence-corrected chi connectivity index (χ1v) is 10.1. The topological polar surface area (TPSA) is 99.1 Å². The third-order valence-corrected chi connectivity index (χ3v) is 7.08. The summed E-state index contributed by atoms with van der Waals surface area (Å²) in [6.07, 6.45) is 3.43. The number of rotatable bonds is 4. The molecule has 2 aromatic heterocycles. The van der Waals surface area contributed by atoms with E-state index in [1.807, 2.05) is 18.2 Å². The molecule has 2 heterocycles. The van der Waals surface area contributed by atoms with Crippen LogP contribution in [0, 0.1) is 0 Å². The molecule has 1 fully saturated rings. The van der Waals surface area contributed by atoms with E-state index in [9.17, 15) is 8.42 Å². The maximum atomic E-state index is 12.1. The molecule has 3 aromatic rings. The number of fused-ring (bicyclic) bond motifs is 1. The SMILES string of the molecule is CS(=O)(=O)C1(c2noc(Cc3noc4ccc(Br)cc34)n2)CCC1. The minimum atomic E-state index is -3.30. The third kappa shape index (κ3) is 2.37. The average Bonchev–Trinajstić information content (AvgIpc) is 3.05. The third-order valence-electron chi connectivity index (χ3n) is 4.57. The highest BCUT2D eigenvalue weighted by Crippen LogP contribution is 2.46. The lowest BCUT2D eigenvalue weighted by Gasteiger charge is -2.36. The summed E-state index contributed by atoms with van der Waals surface area (Å²) in [7, 11) is -3.30. The van der Waals surface area contributed by atoms with E-state index in [-0.39, 0.29) is 12.2 Å². The van der Waals surface area contributed by atoms with Crippen molar-refractivity contribution in [2.75, 3.05) is 6.26 Å². The fourth-order valence-corrected chi connectivity index (χ4v) is 4.81. The van der Waals surface area contributed by atoms with Crippen LogP contribution >= 0.6 is 15.9 Å². The van der Waals surface area contributed by atoms with E-state index in [1.165, 1.54) is 6.26 Å². The molecular formula is C15H14BrN3O4S. The largest absolute Gasteiger partial charge is 0.356 e. The van der Waals surface area contributed by atoms with Crippen molar-refractivity contribution in [2.24, 2.45) is 0 Å². The van der Waals surface area contributed by atoms with Crippen LogP contribution in [0.2, 0.25) is 0 Å². The highest BCUT2D eigenvalue weighted by atomic mass is 79.9. The number of aromatic nitrogens is 3. The molecule has 0 bridgehead atoms. The number of halogens is 1. The summed E-state index contributed by atoms with van der Waals surface area (Å²) in [6, 6.07) is 5.60. The van der Waals surface area contributed by atoms with E-state index >= 15 is 0 Å². The number of sulfone groups is 1. The lowest BCUT2D eigenvalue weighted by molar-refractivity contribution is 0.309. The van der Waals surface area contributed by atoms with Crippen LogP contribution in [0.3, 0.4) is 0 Å². The van der Waals surface area contributed by atoms with E-state index in [0.717, 1.165) is 16.3 Å². The Balaban J connectivity index is 1.67. The Bertz CT molecular complexity index is 1020. The normalized spacial score (nSPS) is 17.1. The molecule has 0 spiro atoms. The van der Waals surface area contributed by atoms with Gasteiger partial charge in [0.15, 0.2) is 21.2 Å². The summed E-state index contributed by atoms with van der Waals surface area (Å²) in [4.78, 5) is 4.32. The first kappa shape index (κ1) is 15.8. The van der Waals surface area contributed by atoms with Crippen molar-refractivity contribution in [2.45, 2.75) is 30.4 Å². The average molecular weight is 412 g/mol. The van der Waals surface area contributed by atoms with Gasteiger partial charge in [0, 0.05) is 16.1 Å². The van der Waals surface area contributed by atoms with Gasteiger partial charge in [-0.15, -0.1) is 0 Å². The molecule has 0 N–H and O–H groups in total. The Kier molecular flexibility index (Phi) is 3.54. The van der Waals surface area contributed by atoms with Crippen LogP contribution < -0.4 is 0 Å². The quantitative estimate of drug-likeness (QED) is 0.650. The summed E-state index contributed by atoms with van der Waals surface area (Å²) in [5, 5.41) is 8.82. The molecule has 1 aliphatic rings. The van der Waals surface area contributed by atoms with Crippen LogP contribution in [-0.4, -0.2) is 30.0 Å². The molecule has 126 valence electrons. The van der Waals surface area contributed by atoms with Gasteiger partial charge in [-0.25, -0.2) is 8.42 Å². The van der Waals surface area contributed by atoms with E-state index < -0.39 is 14.6 Å². The number of hydrogen-bond donors (Lipinski definition) is 0. The van der Waals surface area contributed by atoms with Gasteiger partial charge in [-0.1, -0.05) is 26.2 Å². The molecule has 0 aliphatic heterocycles. The second-order valence-corrected chi connectivity index (χ2v) is 9.32. The summed E-state index contributed by atoms with van der Waals surface area (Å²) >= 11 is 3.42. The van der Waals surface area contributed by atoms with E-state index in [1.54, 1.807) is 0 Å². The lowest BCUT2D eigenvalue weighted by atomic mass is 9.83. The van der Waals surface area contributed by atoms with Crippen LogP contribution in [-0.2, 0) is 21.0 Å². The predicted molar refractivity (Wildman–Crippen MR) is 89.2 cm³/mol. The molecule has 1 aliphatic carbocycles. The molecule has 1 aromatic carbocycles.